The summed E-state index contributed by atoms with van der Waals surface area (Å²) in [5.41, 5.74) is 3.02. The lowest BCUT2D eigenvalue weighted by Gasteiger charge is -2.12. The van der Waals surface area contributed by atoms with E-state index in [9.17, 15) is 19.2 Å². The molecule has 8 nitrogen and oxygen atoms in total. The van der Waals surface area contributed by atoms with Crippen LogP contribution in [0.15, 0.2) is 97.1 Å². The van der Waals surface area contributed by atoms with Crippen molar-refractivity contribution < 1.29 is 38.1 Å². The summed E-state index contributed by atoms with van der Waals surface area (Å²) in [4.78, 5) is 50.5. The smallest absolute Gasteiger partial charge is 0.343 e. The van der Waals surface area contributed by atoms with E-state index in [-0.39, 0.29) is 17.9 Å². The Bertz CT molecular complexity index is 1690. The maximum Gasteiger partial charge on any atom is 0.343 e. The lowest BCUT2D eigenvalue weighted by molar-refractivity contribution is -0.144. The zero-order valence-electron chi connectivity index (χ0n) is 29.9. The molecule has 0 spiro atoms. The van der Waals surface area contributed by atoms with Gasteiger partial charge in [-0.1, -0.05) is 83.6 Å². The van der Waals surface area contributed by atoms with Crippen LogP contribution < -0.4 is 18.9 Å². The molecule has 4 aromatic carbocycles. The molecule has 0 radical (unpaired) electrons. The van der Waals surface area contributed by atoms with Crippen LogP contribution in [-0.2, 0) is 22.4 Å². The Kier molecular flexibility index (Phi) is 15.5. The van der Waals surface area contributed by atoms with Crippen LogP contribution >= 0.6 is 0 Å². The fraction of sp³-hybridized carbons (Fsp3) is 0.349. The van der Waals surface area contributed by atoms with Crippen molar-refractivity contribution in [3.05, 3.63) is 119 Å². The molecule has 0 bridgehead atoms. The van der Waals surface area contributed by atoms with Crippen molar-refractivity contribution in [2.45, 2.75) is 91.4 Å². The lowest BCUT2D eigenvalue weighted by Crippen LogP contribution is -2.23. The first-order valence-corrected chi connectivity index (χ1v) is 18.0. The lowest BCUT2D eigenvalue weighted by atomic mass is 10.1. The summed E-state index contributed by atoms with van der Waals surface area (Å²) in [6, 6.07) is 27.1. The number of ether oxygens (including phenoxy) is 4. The molecule has 8 heteroatoms. The van der Waals surface area contributed by atoms with Crippen LogP contribution in [-0.4, -0.2) is 23.9 Å². The number of rotatable bonds is 19. The summed E-state index contributed by atoms with van der Waals surface area (Å²) in [6.45, 7) is 5.94. The van der Waals surface area contributed by atoms with E-state index in [4.69, 9.17) is 18.9 Å². The van der Waals surface area contributed by atoms with E-state index in [2.05, 4.69) is 13.8 Å². The molecule has 0 amide bonds. The largest absolute Gasteiger partial charge is 0.427 e. The van der Waals surface area contributed by atoms with E-state index in [0.29, 0.717) is 22.6 Å². The Labute approximate surface area is 301 Å². The second kappa shape index (κ2) is 20.4. The predicted molar refractivity (Wildman–Crippen MR) is 196 cm³/mol. The van der Waals surface area contributed by atoms with Crippen LogP contribution in [0.5, 0.6) is 23.0 Å². The van der Waals surface area contributed by atoms with E-state index in [0.717, 1.165) is 25.7 Å². The maximum atomic E-state index is 12.7. The Balaban J connectivity index is 1.18. The summed E-state index contributed by atoms with van der Waals surface area (Å²) < 4.78 is 21.8. The first-order valence-electron chi connectivity index (χ1n) is 18.0. The molecule has 0 aromatic heterocycles. The van der Waals surface area contributed by atoms with Crippen molar-refractivity contribution in [3.63, 3.8) is 0 Å². The summed E-state index contributed by atoms with van der Waals surface area (Å²) in [6.07, 6.45) is 11.3. The number of carbonyl (C=O) groups is 4. The summed E-state index contributed by atoms with van der Waals surface area (Å²) in [5, 5.41) is 0. The van der Waals surface area contributed by atoms with Crippen LogP contribution in [0.2, 0.25) is 0 Å². The molecule has 4 aromatic rings. The number of aryl methyl sites for hydroxylation is 2. The number of benzene rings is 4. The molecule has 4 rings (SSSR count). The van der Waals surface area contributed by atoms with Crippen LogP contribution in [0, 0.1) is 5.92 Å². The number of unbranched alkanes of at least 4 members (excludes halogenated alkanes) is 6. The average Bonchev–Trinajstić information content (AvgIpc) is 3.13. The molecule has 268 valence electrons. The van der Waals surface area contributed by atoms with E-state index >= 15 is 0 Å². The van der Waals surface area contributed by atoms with Crippen LogP contribution in [0.25, 0.3) is 0 Å². The standard InChI is InChI=1S/C43H48O8/c1-4-6-8-10-12-32-14-22-37(23-15-32)50-42(46)34-18-26-36(27-19-34)48-40(44)30-31(3)41(45)49-39-28-20-35(21-29-39)43(47)51-38-24-16-33(17-25-38)13-11-9-7-5-2/h14-29,31H,4-13,30H2,1-3H3. The van der Waals surface area contributed by atoms with Gasteiger partial charge in [-0.2, -0.15) is 0 Å². The zero-order valence-corrected chi connectivity index (χ0v) is 29.9. The third-order valence-corrected chi connectivity index (χ3v) is 8.41. The average molecular weight is 693 g/mol. The van der Waals surface area contributed by atoms with Crippen LogP contribution in [0.1, 0.15) is 110 Å². The molecule has 0 saturated carbocycles. The van der Waals surface area contributed by atoms with Gasteiger partial charge in [0, 0.05) is 0 Å². The van der Waals surface area contributed by atoms with Gasteiger partial charge >= 0.3 is 23.9 Å². The Hall–Kier alpha value is -5.24. The number of hydrogen-bond acceptors (Lipinski definition) is 8. The van der Waals surface area contributed by atoms with Gasteiger partial charge in [0.2, 0.25) is 0 Å². The molecule has 0 N–H and O–H groups in total. The van der Waals surface area contributed by atoms with Crippen molar-refractivity contribution in [3.8, 4) is 23.0 Å². The van der Waals surface area contributed by atoms with Crippen molar-refractivity contribution in [1.29, 1.82) is 0 Å². The van der Waals surface area contributed by atoms with Crippen LogP contribution in [0.4, 0.5) is 0 Å². The third kappa shape index (κ3) is 13.2. The first kappa shape index (κ1) is 38.6. The minimum atomic E-state index is -0.797. The molecule has 0 aliphatic heterocycles. The molecule has 0 aliphatic rings. The van der Waals surface area contributed by atoms with Gasteiger partial charge in [0.05, 0.1) is 23.5 Å². The van der Waals surface area contributed by atoms with Crippen molar-refractivity contribution in [1.82, 2.24) is 0 Å². The predicted octanol–water partition coefficient (Wildman–Crippen LogP) is 9.91. The van der Waals surface area contributed by atoms with Gasteiger partial charge in [-0.15, -0.1) is 0 Å². The van der Waals surface area contributed by atoms with Crippen molar-refractivity contribution in [2.24, 2.45) is 5.92 Å². The molecular weight excluding hydrogens is 644 g/mol. The van der Waals surface area contributed by atoms with E-state index in [1.165, 1.54) is 98.2 Å². The summed E-state index contributed by atoms with van der Waals surface area (Å²) >= 11 is 0. The van der Waals surface area contributed by atoms with Gasteiger partial charge in [-0.05, 0) is 110 Å². The highest BCUT2D eigenvalue weighted by Crippen LogP contribution is 2.21. The highest BCUT2D eigenvalue weighted by atomic mass is 16.5. The summed E-state index contributed by atoms with van der Waals surface area (Å²) in [5.74, 6) is -1.74. The number of esters is 4. The topological polar surface area (TPSA) is 105 Å². The number of carbonyl (C=O) groups excluding carboxylic acids is 4. The zero-order chi connectivity index (χ0) is 36.4. The minimum absolute atomic E-state index is 0.223. The fourth-order valence-corrected chi connectivity index (χ4v) is 5.33. The van der Waals surface area contributed by atoms with Crippen molar-refractivity contribution in [2.75, 3.05) is 0 Å². The molecule has 1 unspecified atom stereocenters. The molecule has 1 atom stereocenters. The Morgan fingerprint density at radius 1 is 0.471 bits per heavy atom. The minimum Gasteiger partial charge on any atom is -0.427 e. The summed E-state index contributed by atoms with van der Waals surface area (Å²) in [7, 11) is 0. The Morgan fingerprint density at radius 3 is 1.25 bits per heavy atom. The normalized spacial score (nSPS) is 11.4. The second-order valence-electron chi connectivity index (χ2n) is 12.7. The fourth-order valence-electron chi connectivity index (χ4n) is 5.33. The monoisotopic (exact) mass is 692 g/mol. The van der Waals surface area contributed by atoms with Gasteiger partial charge in [-0.3, -0.25) is 9.59 Å². The number of hydrogen-bond donors (Lipinski definition) is 0. The van der Waals surface area contributed by atoms with Gasteiger partial charge in [-0.25, -0.2) is 9.59 Å². The third-order valence-electron chi connectivity index (χ3n) is 8.41. The van der Waals surface area contributed by atoms with E-state index in [1.54, 1.807) is 31.2 Å². The quantitative estimate of drug-likeness (QED) is 0.0543. The molecule has 0 saturated heterocycles. The SMILES string of the molecule is CCCCCCc1ccc(OC(=O)c2ccc(OC(=O)CC(C)C(=O)Oc3ccc(C(=O)Oc4ccc(CCCCCC)cc4)cc3)cc2)cc1. The van der Waals surface area contributed by atoms with Crippen LogP contribution in [0.3, 0.4) is 0 Å². The Morgan fingerprint density at radius 2 is 0.843 bits per heavy atom. The molecule has 0 fully saturated rings. The maximum absolute atomic E-state index is 12.7. The van der Waals surface area contributed by atoms with E-state index in [1.807, 2.05) is 24.3 Å². The van der Waals surface area contributed by atoms with Gasteiger partial charge in [0.1, 0.15) is 23.0 Å². The molecule has 0 aliphatic carbocycles. The van der Waals surface area contributed by atoms with Gasteiger partial charge < -0.3 is 18.9 Å². The molecule has 51 heavy (non-hydrogen) atoms. The van der Waals surface area contributed by atoms with E-state index < -0.39 is 29.8 Å². The highest BCUT2D eigenvalue weighted by molar-refractivity contribution is 5.92. The highest BCUT2D eigenvalue weighted by Gasteiger charge is 2.21. The van der Waals surface area contributed by atoms with Gasteiger partial charge in [0.15, 0.2) is 0 Å². The van der Waals surface area contributed by atoms with Gasteiger partial charge in [0.25, 0.3) is 0 Å². The second-order valence-corrected chi connectivity index (χ2v) is 12.7. The van der Waals surface area contributed by atoms with Crippen molar-refractivity contribution >= 4 is 23.9 Å². The molecule has 0 heterocycles. The first-order chi connectivity index (χ1) is 24.7. The molecular formula is C43H48O8.